The van der Waals surface area contributed by atoms with E-state index in [9.17, 15) is 9.90 Å². The largest absolute Gasteiger partial charge is 0.477 e. The van der Waals surface area contributed by atoms with Gasteiger partial charge >= 0.3 is 5.97 Å². The Balaban J connectivity index is 1.94. The van der Waals surface area contributed by atoms with Crippen LogP contribution in [0.4, 0.5) is 0 Å². The quantitative estimate of drug-likeness (QED) is 0.356. The molecule has 3 aromatic heterocycles. The van der Waals surface area contributed by atoms with Gasteiger partial charge in [-0.25, -0.2) is 9.78 Å². The van der Waals surface area contributed by atoms with E-state index in [0.717, 1.165) is 23.0 Å². The Morgan fingerprint density at radius 1 is 1.32 bits per heavy atom. The predicted molar refractivity (Wildman–Crippen MR) is 126 cm³/mol. The van der Waals surface area contributed by atoms with Crippen molar-refractivity contribution in [2.24, 2.45) is 7.05 Å². The molecule has 0 bridgehead atoms. The van der Waals surface area contributed by atoms with Crippen LogP contribution in [0, 0.1) is 0 Å². The molecule has 3 aromatic rings. The lowest BCUT2D eigenvalue weighted by molar-refractivity contribution is 0.0686. The molecule has 7 nitrogen and oxygen atoms in total. The van der Waals surface area contributed by atoms with Gasteiger partial charge in [0.25, 0.3) is 0 Å². The predicted octanol–water partition coefficient (Wildman–Crippen LogP) is 5.76. The van der Waals surface area contributed by atoms with E-state index in [1.807, 2.05) is 4.68 Å². The second-order valence-corrected chi connectivity index (χ2v) is 14.7. The van der Waals surface area contributed by atoms with E-state index in [4.69, 9.17) is 21.1 Å². The molecule has 31 heavy (non-hydrogen) atoms. The van der Waals surface area contributed by atoms with Gasteiger partial charge in [0, 0.05) is 31.3 Å². The third-order valence-electron chi connectivity index (χ3n) is 6.36. The Morgan fingerprint density at radius 3 is 2.58 bits per heavy atom. The molecule has 0 fully saturated rings. The van der Waals surface area contributed by atoms with Crippen LogP contribution in [0.1, 0.15) is 50.6 Å². The van der Waals surface area contributed by atoms with Crippen LogP contribution in [0.25, 0.3) is 22.3 Å². The van der Waals surface area contributed by atoms with E-state index in [-0.39, 0.29) is 16.8 Å². The number of hydrogen-bond donors (Lipinski definition) is 1. The van der Waals surface area contributed by atoms with Gasteiger partial charge in [-0.05, 0) is 43.6 Å². The lowest BCUT2D eigenvalue weighted by Crippen LogP contribution is -2.41. The summed E-state index contributed by atoms with van der Waals surface area (Å²) in [4.78, 5) is 15.7. The number of pyridine rings is 1. The molecule has 9 heteroatoms. The first-order valence-electron chi connectivity index (χ1n) is 10.4. The van der Waals surface area contributed by atoms with Crippen molar-refractivity contribution in [2.45, 2.75) is 58.3 Å². The van der Waals surface area contributed by atoms with Crippen molar-refractivity contribution in [3.8, 4) is 11.4 Å². The van der Waals surface area contributed by atoms with E-state index in [2.05, 4.69) is 45.8 Å². The van der Waals surface area contributed by atoms with Crippen LogP contribution >= 0.6 is 11.6 Å². The van der Waals surface area contributed by atoms with Crippen molar-refractivity contribution in [3.63, 3.8) is 0 Å². The second-order valence-electron chi connectivity index (χ2n) is 9.53. The number of carboxylic acids is 1. The summed E-state index contributed by atoms with van der Waals surface area (Å²) in [6.45, 7) is 14.0. The number of rotatable bonds is 7. The SMILES string of the molecule is CC(CCO[Si](C)(C)C(C)(C)C)n1nc(-c2ccc(C(=O)O)n2C)c2cnc(Cl)cc21. The van der Waals surface area contributed by atoms with Crippen molar-refractivity contribution in [1.29, 1.82) is 0 Å². The maximum atomic E-state index is 11.5. The van der Waals surface area contributed by atoms with E-state index < -0.39 is 14.3 Å². The van der Waals surface area contributed by atoms with Crippen molar-refractivity contribution in [3.05, 3.63) is 35.2 Å². The minimum Gasteiger partial charge on any atom is -0.477 e. The highest BCUT2D eigenvalue weighted by atomic mass is 35.5. The summed E-state index contributed by atoms with van der Waals surface area (Å²) in [6, 6.07) is 5.23. The first-order chi connectivity index (χ1) is 14.3. The van der Waals surface area contributed by atoms with Gasteiger partial charge in [0.1, 0.15) is 16.5 Å². The zero-order valence-electron chi connectivity index (χ0n) is 19.2. The summed E-state index contributed by atoms with van der Waals surface area (Å²) < 4.78 is 9.93. The molecule has 0 spiro atoms. The van der Waals surface area contributed by atoms with Gasteiger partial charge in [-0.3, -0.25) is 4.68 Å². The van der Waals surface area contributed by atoms with Crippen LogP contribution in [-0.2, 0) is 11.5 Å². The number of carboxylic acid groups (broad SMARTS) is 1. The normalized spacial score (nSPS) is 13.7. The molecule has 0 amide bonds. The van der Waals surface area contributed by atoms with E-state index in [1.165, 1.54) is 0 Å². The topological polar surface area (TPSA) is 82.2 Å². The average molecular weight is 463 g/mol. The summed E-state index contributed by atoms with van der Waals surface area (Å²) in [6.07, 6.45) is 2.50. The maximum absolute atomic E-state index is 11.5. The Labute approximate surface area is 189 Å². The molecule has 0 aromatic carbocycles. The molecule has 0 aliphatic carbocycles. The molecule has 1 N–H and O–H groups in total. The summed E-state index contributed by atoms with van der Waals surface area (Å²) >= 11 is 6.19. The number of aromatic carboxylic acids is 1. The summed E-state index contributed by atoms with van der Waals surface area (Å²) in [7, 11) is -0.0923. The molecule has 1 unspecified atom stereocenters. The Kier molecular flexibility index (Phi) is 6.37. The molecule has 3 rings (SSSR count). The molecular weight excluding hydrogens is 432 g/mol. The van der Waals surface area contributed by atoms with Crippen LogP contribution in [0.2, 0.25) is 23.3 Å². The number of nitrogens with zero attached hydrogens (tertiary/aromatic N) is 4. The smallest absolute Gasteiger partial charge is 0.352 e. The Morgan fingerprint density at radius 2 is 2.00 bits per heavy atom. The fourth-order valence-electron chi connectivity index (χ4n) is 3.32. The molecule has 0 aliphatic heterocycles. The van der Waals surface area contributed by atoms with Gasteiger partial charge in [-0.2, -0.15) is 5.10 Å². The number of fused-ring (bicyclic) bond motifs is 1. The molecular formula is C22H31ClN4O3Si. The minimum atomic E-state index is -1.82. The zero-order valence-corrected chi connectivity index (χ0v) is 21.0. The molecule has 3 heterocycles. The second kappa shape index (κ2) is 8.41. The van der Waals surface area contributed by atoms with Crippen LogP contribution in [0.15, 0.2) is 24.4 Å². The number of carbonyl (C=O) groups is 1. The summed E-state index contributed by atoms with van der Waals surface area (Å²) in [5.74, 6) is -0.977. The third kappa shape index (κ3) is 4.56. The van der Waals surface area contributed by atoms with Gasteiger partial charge in [0.15, 0.2) is 8.32 Å². The molecule has 1 atom stereocenters. The van der Waals surface area contributed by atoms with E-state index in [0.29, 0.717) is 17.5 Å². The average Bonchev–Trinajstić information content (AvgIpc) is 3.20. The molecule has 0 saturated heterocycles. The standard InChI is InChI=1S/C22H31ClN4O3Si/c1-14(10-11-30-31(6,7)22(2,3)4)27-18-12-19(23)24-13-15(18)20(25-27)16-8-9-17(21(28)29)26(16)5/h8-9,12-14H,10-11H2,1-7H3,(H,28,29). The minimum absolute atomic E-state index is 0.0682. The van der Waals surface area contributed by atoms with Gasteiger partial charge < -0.3 is 14.1 Å². The first kappa shape index (κ1) is 23.5. The van der Waals surface area contributed by atoms with Crippen LogP contribution in [0.3, 0.4) is 0 Å². The van der Waals surface area contributed by atoms with Gasteiger partial charge in [0.05, 0.1) is 17.3 Å². The van der Waals surface area contributed by atoms with Gasteiger partial charge in [0.2, 0.25) is 0 Å². The van der Waals surface area contributed by atoms with Crippen LogP contribution < -0.4 is 0 Å². The highest BCUT2D eigenvalue weighted by Gasteiger charge is 2.37. The highest BCUT2D eigenvalue weighted by Crippen LogP contribution is 2.37. The van der Waals surface area contributed by atoms with Gasteiger partial charge in [-0.1, -0.05) is 32.4 Å². The molecule has 0 saturated carbocycles. The fourth-order valence-corrected chi connectivity index (χ4v) is 4.53. The van der Waals surface area contributed by atoms with Crippen LogP contribution in [0.5, 0.6) is 0 Å². The van der Waals surface area contributed by atoms with Crippen molar-refractivity contribution in [1.82, 2.24) is 19.3 Å². The number of aromatic nitrogens is 4. The van der Waals surface area contributed by atoms with E-state index >= 15 is 0 Å². The van der Waals surface area contributed by atoms with Crippen molar-refractivity contribution < 1.29 is 14.3 Å². The summed E-state index contributed by atoms with van der Waals surface area (Å²) in [5.41, 5.74) is 2.48. The first-order valence-corrected chi connectivity index (χ1v) is 13.7. The summed E-state index contributed by atoms with van der Waals surface area (Å²) in [5, 5.41) is 15.6. The molecule has 0 radical (unpaired) electrons. The van der Waals surface area contributed by atoms with Gasteiger partial charge in [-0.15, -0.1) is 0 Å². The molecule has 0 aliphatic rings. The lowest BCUT2D eigenvalue weighted by atomic mass is 10.2. The Hall–Kier alpha value is -2.16. The van der Waals surface area contributed by atoms with Crippen LogP contribution in [-0.4, -0.2) is 45.3 Å². The number of hydrogen-bond acceptors (Lipinski definition) is 4. The number of halogens is 1. The maximum Gasteiger partial charge on any atom is 0.352 e. The van der Waals surface area contributed by atoms with Crippen molar-refractivity contribution >= 4 is 36.8 Å². The zero-order chi connectivity index (χ0) is 23.1. The van der Waals surface area contributed by atoms with Crippen molar-refractivity contribution in [2.75, 3.05) is 6.61 Å². The fraction of sp³-hybridized carbons (Fsp3) is 0.500. The lowest BCUT2D eigenvalue weighted by Gasteiger charge is -2.36. The highest BCUT2D eigenvalue weighted by molar-refractivity contribution is 6.74. The Bertz CT molecular complexity index is 1110. The third-order valence-corrected chi connectivity index (χ3v) is 11.1. The van der Waals surface area contributed by atoms with E-state index in [1.54, 1.807) is 36.0 Å². The molecule has 168 valence electrons. The monoisotopic (exact) mass is 462 g/mol.